The number of carboxylic acids is 2. The molecule has 3 N–H and O–H groups in total. The van der Waals surface area contributed by atoms with Crippen molar-refractivity contribution in [2.45, 2.75) is 52.9 Å². The predicted octanol–water partition coefficient (Wildman–Crippen LogP) is 23.7. The summed E-state index contributed by atoms with van der Waals surface area (Å²) in [6, 6.07) is 93.1. The van der Waals surface area contributed by atoms with Gasteiger partial charge in [-0.3, -0.25) is 36.8 Å². The van der Waals surface area contributed by atoms with Gasteiger partial charge in [0.1, 0.15) is 17.2 Å². The number of fused-ring (bicyclic) bond motifs is 1. The maximum absolute atomic E-state index is 13.2. The van der Waals surface area contributed by atoms with Gasteiger partial charge in [-0.25, -0.2) is 19.6 Å². The van der Waals surface area contributed by atoms with Crippen molar-refractivity contribution in [3.63, 3.8) is 0 Å². The number of aliphatic hydroxyl groups excluding tert-OH is 1. The number of halogens is 11. The maximum atomic E-state index is 13.2. The van der Waals surface area contributed by atoms with Crippen molar-refractivity contribution in [1.82, 2.24) is 60.0 Å². The minimum Gasteiger partial charge on any atom is -0.512 e. The monoisotopic (exact) mass is 2910 g/mol. The van der Waals surface area contributed by atoms with Crippen LogP contribution in [0.1, 0.15) is 77.1 Å². The molecule has 7 aromatic carbocycles. The van der Waals surface area contributed by atoms with Gasteiger partial charge in [0.25, 0.3) is 0 Å². The number of aromatic carboxylic acids is 2. The third-order valence-corrected chi connectivity index (χ3v) is 16.4. The molecule has 35 heteroatoms. The quantitative estimate of drug-likeness (QED) is 0.0470. The normalized spacial score (nSPS) is 10.0. The molecule has 17 rings (SSSR count). The SMILES string of the molecule is CC(=O)C=C(C)O.CC(C)c1ccnc(-c2[c-]cc(F)cc2)c1.Cc1cc(-c2ccccn2)[c-]c(C(F)(F)F)c1.FC(F)(F)c1n[n-]c(-c2ccccn2)n1.Fc1c[c-]c(-c2ccccn2)c(F)c1.Fc1c[c-]c(-c2ccccn2)c(F)c1.O=C(O)c1ccccn1.O=C(O)c1ccccn1.[Ir].[Ir].[Ir].[Ir].[Ir].[Ir].[c-]1ccccc1-c1cc2ccccc2cn1.[c-]1ccccc1-c1ccccn1. The molecule has 708 valence electrons. The van der Waals surface area contributed by atoms with Crippen molar-refractivity contribution in [1.29, 1.82) is 0 Å². The summed E-state index contributed by atoms with van der Waals surface area (Å²) in [7, 11) is 0. The zero-order chi connectivity index (χ0) is 93.1. The van der Waals surface area contributed by atoms with E-state index in [1.54, 1.807) is 141 Å². The van der Waals surface area contributed by atoms with Crippen LogP contribution in [0, 0.1) is 72.4 Å². The van der Waals surface area contributed by atoms with Crippen LogP contribution in [0.25, 0.3) is 89.8 Å². The minimum absolute atomic E-state index is 0. The van der Waals surface area contributed by atoms with Gasteiger partial charge in [0, 0.05) is 212 Å². The first kappa shape index (κ1) is 119. The molecule has 0 bridgehead atoms. The van der Waals surface area contributed by atoms with Crippen molar-refractivity contribution in [3.05, 3.63) is 440 Å². The van der Waals surface area contributed by atoms with Gasteiger partial charge in [0.05, 0.1) is 11.5 Å². The van der Waals surface area contributed by atoms with E-state index in [4.69, 9.17) is 15.3 Å². The Morgan fingerprint density at radius 3 is 1.16 bits per heavy atom. The molecule has 17 aromatic rings. The number of aryl methyl sites for hydroxylation is 1. The van der Waals surface area contributed by atoms with Crippen molar-refractivity contribution < 1.29 is 199 Å². The zero-order valence-corrected chi connectivity index (χ0v) is 85.3. The first-order chi connectivity index (χ1) is 61.9. The van der Waals surface area contributed by atoms with Gasteiger partial charge in [0.15, 0.2) is 5.78 Å². The van der Waals surface area contributed by atoms with E-state index in [1.165, 1.54) is 85.2 Å². The second-order valence-electron chi connectivity index (χ2n) is 26.6. The molecule has 0 amide bonds. The van der Waals surface area contributed by atoms with Gasteiger partial charge in [-0.05, 0) is 143 Å². The number of pyridine rings is 9. The summed E-state index contributed by atoms with van der Waals surface area (Å²) >= 11 is 0. The molecule has 6 radical (unpaired) electrons. The van der Waals surface area contributed by atoms with Gasteiger partial charge in [-0.1, -0.05) is 153 Å². The molecule has 0 aliphatic heterocycles. The number of carboxylic acid groups (broad SMARTS) is 2. The van der Waals surface area contributed by atoms with Crippen LogP contribution in [0.2, 0.25) is 0 Å². The van der Waals surface area contributed by atoms with Crippen LogP contribution < -0.4 is 5.10 Å². The Morgan fingerprint density at radius 1 is 0.385 bits per heavy atom. The largest absolute Gasteiger partial charge is 0.512 e. The van der Waals surface area contributed by atoms with Crippen molar-refractivity contribution in [3.8, 4) is 79.1 Å². The molecule has 135 heavy (non-hydrogen) atoms. The number of alkyl halides is 6. The Hall–Kier alpha value is -12.4. The summed E-state index contributed by atoms with van der Waals surface area (Å²) in [6.07, 6.45) is 6.67. The summed E-state index contributed by atoms with van der Waals surface area (Å²) in [5, 5.41) is 33.6. The topological polar surface area (TPSA) is 268 Å². The molecule has 0 unspecified atom stereocenters. The summed E-state index contributed by atoms with van der Waals surface area (Å²) < 4.78 is 139. The van der Waals surface area contributed by atoms with Crippen LogP contribution in [0.4, 0.5) is 48.3 Å². The third kappa shape index (κ3) is 42.4. The van der Waals surface area contributed by atoms with Crippen LogP contribution in [-0.4, -0.2) is 88.0 Å². The molecule has 0 atom stereocenters. The molecular formula is C100H74F11Ir6N12O6-7. The van der Waals surface area contributed by atoms with E-state index in [2.05, 4.69) is 128 Å². The molecule has 18 nitrogen and oxygen atoms in total. The second-order valence-corrected chi connectivity index (χ2v) is 26.6. The Balaban J connectivity index is 0.000000509. The van der Waals surface area contributed by atoms with Gasteiger partial charge in [-0.2, -0.15) is 26.3 Å². The standard InChI is InChI=1S/C15H10N.C14H13FN.C13H9F3N.2C11H6F2N.C11H8N.C8H4F3N4.2C6H5NO2.C5H8O2.6Ir/c1-2-6-12(7-3-1)15-10-13-8-4-5-9-14(13)11-16-15;1-10(2)12-7-8-16-14(9-12)11-3-5-13(15)6-4-11;1-9-6-10(12-4-2-3-5-17-12)8-11(7-9)13(14,15)16;2*12-8-4-5-9(10(13)7-8)11-3-1-2-6-14-11;1-2-6-10(7-3-1)11-8-4-5-9-12-11;9-8(10,11)7-13-6(14-15-7)5-3-1-2-4-12-5;2*8-6(9)5-3-1-2-4-7-5;1-4(6)3-5(2)7;;;;;;/h1-6,8-11H;3,5-10H,1-2H3;2-7H,1H3;2*1-4,6-7H;1-6,8-9H;1-4H;2*1-4H,(H,8,9);3,6H,1-2H3;;;;;;/q7*-1;;;;;;;;;. The van der Waals surface area contributed by atoms with Gasteiger partial charge < -0.3 is 55.3 Å². The van der Waals surface area contributed by atoms with Crippen LogP contribution in [-0.2, 0) is 138 Å². The average Bonchev–Trinajstić information content (AvgIpc) is 1.81. The molecule has 0 saturated heterocycles. The Labute approximate surface area is 851 Å². The minimum atomic E-state index is -4.57. The molecule has 0 saturated carbocycles. The fraction of sp³-hybridized carbons (Fsp3) is 0.0800. The molecule has 0 aliphatic rings. The fourth-order valence-electron chi connectivity index (χ4n) is 10.4. The molecule has 10 aromatic heterocycles. The molecule has 0 fully saturated rings. The zero-order valence-electron chi connectivity index (χ0n) is 70.9. The van der Waals surface area contributed by atoms with Crippen LogP contribution in [0.3, 0.4) is 0 Å². The number of carbonyl (C=O) groups is 3. The number of ketones is 1. The smallest absolute Gasteiger partial charge is 0.429 e. The van der Waals surface area contributed by atoms with E-state index in [1.807, 2.05) is 97.2 Å². The van der Waals surface area contributed by atoms with Gasteiger partial charge in [-0.15, -0.1) is 155 Å². The number of aromatic nitrogens is 12. The molecule has 10 heterocycles. The van der Waals surface area contributed by atoms with E-state index in [-0.39, 0.29) is 172 Å². The molecule has 0 aliphatic carbocycles. The Bertz CT molecular complexity index is 6170. The predicted molar refractivity (Wildman–Crippen MR) is 465 cm³/mol. The fourth-order valence-corrected chi connectivity index (χ4v) is 10.4. The summed E-state index contributed by atoms with van der Waals surface area (Å²) in [5.74, 6) is -5.80. The van der Waals surface area contributed by atoms with E-state index < -0.39 is 58.9 Å². The van der Waals surface area contributed by atoms with E-state index in [9.17, 15) is 62.7 Å². The first-order valence-electron chi connectivity index (χ1n) is 38.3. The average molecular weight is 2900 g/mol. The van der Waals surface area contributed by atoms with E-state index in [0.29, 0.717) is 34.1 Å². The Kier molecular flexibility index (Phi) is 54.6. The summed E-state index contributed by atoms with van der Waals surface area (Å²) in [6.45, 7) is 8.73. The van der Waals surface area contributed by atoms with Gasteiger partial charge >= 0.3 is 24.3 Å². The maximum Gasteiger partial charge on any atom is 0.429 e. The first-order valence-corrected chi connectivity index (χ1v) is 38.3. The van der Waals surface area contributed by atoms with E-state index in [0.717, 1.165) is 64.1 Å². The summed E-state index contributed by atoms with van der Waals surface area (Å²) in [5.41, 5.74) is 9.22. The number of allylic oxidation sites excluding steroid dienone is 2. The number of benzene rings is 7. The number of carbonyl (C=O) groups excluding carboxylic acids is 1. The molecule has 0 spiro atoms. The van der Waals surface area contributed by atoms with Gasteiger partial charge in [0.2, 0.25) is 0 Å². The number of hydrogen-bond donors (Lipinski definition) is 3. The van der Waals surface area contributed by atoms with Crippen LogP contribution in [0.15, 0.2) is 341 Å². The number of hydrogen-bond acceptors (Lipinski definition) is 15. The summed E-state index contributed by atoms with van der Waals surface area (Å²) in [4.78, 5) is 69.3. The second kappa shape index (κ2) is 62.2. The van der Waals surface area contributed by atoms with Crippen LogP contribution in [0.5, 0.6) is 0 Å². The number of nitrogens with zero attached hydrogens (tertiary/aromatic N) is 12. The van der Waals surface area contributed by atoms with Crippen molar-refractivity contribution in [2.75, 3.05) is 0 Å². The van der Waals surface area contributed by atoms with Crippen molar-refractivity contribution >= 4 is 28.5 Å². The molecular weight excluding hydrogens is 2830 g/mol. The van der Waals surface area contributed by atoms with Crippen LogP contribution >= 0.6 is 0 Å². The third-order valence-electron chi connectivity index (χ3n) is 16.4. The number of rotatable bonds is 11. The van der Waals surface area contributed by atoms with E-state index >= 15 is 0 Å². The van der Waals surface area contributed by atoms with Crippen molar-refractivity contribution in [2.24, 2.45) is 0 Å². The number of aliphatic hydroxyl groups is 1. The Morgan fingerprint density at radius 2 is 0.793 bits per heavy atom.